The van der Waals surface area contributed by atoms with E-state index in [1.807, 2.05) is 37.6 Å². The molecule has 32 heavy (non-hydrogen) atoms. The molecule has 0 radical (unpaired) electrons. The minimum atomic E-state index is -0.382. The Hall–Kier alpha value is -3.53. The van der Waals surface area contributed by atoms with E-state index in [-0.39, 0.29) is 17.4 Å². The van der Waals surface area contributed by atoms with Gasteiger partial charge >= 0.3 is 0 Å². The topological polar surface area (TPSA) is 107 Å². The SMILES string of the molecule is CC(C)(C)n1nc(C(=O)NCCCn2ccnc2)c2sc(NC(=O)c3ccccc3)nc21. The summed E-state index contributed by atoms with van der Waals surface area (Å²) in [7, 11) is 0. The van der Waals surface area contributed by atoms with Crippen LogP contribution >= 0.6 is 11.3 Å². The zero-order valence-corrected chi connectivity index (χ0v) is 19.0. The summed E-state index contributed by atoms with van der Waals surface area (Å²) in [6.07, 6.45) is 6.14. The summed E-state index contributed by atoms with van der Waals surface area (Å²) in [6.45, 7) is 7.26. The number of imidazole rings is 1. The molecule has 3 heterocycles. The highest BCUT2D eigenvalue weighted by Crippen LogP contribution is 2.32. The van der Waals surface area contributed by atoms with Crippen LogP contribution in [0.15, 0.2) is 49.1 Å². The summed E-state index contributed by atoms with van der Waals surface area (Å²) in [5.74, 6) is -0.504. The van der Waals surface area contributed by atoms with Gasteiger partial charge in [-0.25, -0.2) is 9.67 Å². The van der Waals surface area contributed by atoms with Gasteiger partial charge in [0, 0.05) is 31.0 Å². The van der Waals surface area contributed by atoms with Gasteiger partial charge in [-0.15, -0.1) is 0 Å². The maximum absolute atomic E-state index is 12.9. The van der Waals surface area contributed by atoms with Crippen LogP contribution in [0.4, 0.5) is 5.13 Å². The second-order valence-electron chi connectivity index (χ2n) is 8.33. The molecule has 2 amide bonds. The van der Waals surface area contributed by atoms with Crippen molar-refractivity contribution in [3.63, 3.8) is 0 Å². The molecule has 166 valence electrons. The lowest BCUT2D eigenvalue weighted by Gasteiger charge is -2.19. The van der Waals surface area contributed by atoms with E-state index in [0.717, 1.165) is 13.0 Å². The van der Waals surface area contributed by atoms with E-state index < -0.39 is 0 Å². The summed E-state index contributed by atoms with van der Waals surface area (Å²) in [5, 5.41) is 10.8. The molecule has 0 saturated carbocycles. The largest absolute Gasteiger partial charge is 0.351 e. The van der Waals surface area contributed by atoms with Crippen LogP contribution in [0.2, 0.25) is 0 Å². The first kappa shape index (κ1) is 21.7. The molecule has 10 heteroatoms. The normalized spacial score (nSPS) is 11.6. The molecule has 0 aliphatic heterocycles. The number of fused-ring (bicyclic) bond motifs is 1. The van der Waals surface area contributed by atoms with Gasteiger partial charge in [0.25, 0.3) is 11.8 Å². The molecule has 0 unspecified atom stereocenters. The third-order valence-corrected chi connectivity index (χ3v) is 5.74. The predicted octanol–water partition coefficient (Wildman–Crippen LogP) is 3.52. The highest BCUT2D eigenvalue weighted by molar-refractivity contribution is 7.22. The molecule has 0 atom stereocenters. The standard InChI is InChI=1S/C22H25N7O2S/c1-22(2,3)29-18-17(32-21(25-18)26-19(30)15-8-5-4-6-9-15)16(27-29)20(31)24-10-7-12-28-13-11-23-14-28/h4-6,8-9,11,13-14H,7,10,12H2,1-3H3,(H,24,31)(H,25,26,30). The van der Waals surface area contributed by atoms with Gasteiger partial charge < -0.3 is 9.88 Å². The molecule has 0 aliphatic rings. The van der Waals surface area contributed by atoms with E-state index in [1.54, 1.807) is 41.5 Å². The molecule has 2 N–H and O–H groups in total. The monoisotopic (exact) mass is 451 g/mol. The number of benzene rings is 1. The highest BCUT2D eigenvalue weighted by Gasteiger charge is 2.27. The average molecular weight is 452 g/mol. The van der Waals surface area contributed by atoms with Crippen molar-refractivity contribution in [2.45, 2.75) is 39.3 Å². The fraction of sp³-hybridized carbons (Fsp3) is 0.318. The first-order valence-corrected chi connectivity index (χ1v) is 11.1. The minimum Gasteiger partial charge on any atom is -0.351 e. The van der Waals surface area contributed by atoms with Crippen molar-refractivity contribution in [1.82, 2.24) is 29.6 Å². The lowest BCUT2D eigenvalue weighted by molar-refractivity contribution is 0.0947. The Morgan fingerprint density at radius 1 is 1.12 bits per heavy atom. The summed E-state index contributed by atoms with van der Waals surface area (Å²) in [6, 6.07) is 8.94. The van der Waals surface area contributed by atoms with Crippen molar-refractivity contribution in [2.24, 2.45) is 0 Å². The van der Waals surface area contributed by atoms with E-state index >= 15 is 0 Å². The van der Waals surface area contributed by atoms with Crippen LogP contribution in [0.3, 0.4) is 0 Å². The molecule has 1 aromatic carbocycles. The number of anilines is 1. The number of aromatic nitrogens is 5. The molecule has 3 aromatic heterocycles. The second-order valence-corrected chi connectivity index (χ2v) is 9.33. The number of aryl methyl sites for hydroxylation is 1. The predicted molar refractivity (Wildman–Crippen MR) is 124 cm³/mol. The van der Waals surface area contributed by atoms with Crippen LogP contribution in [0.5, 0.6) is 0 Å². The van der Waals surface area contributed by atoms with Gasteiger partial charge in [0.15, 0.2) is 16.5 Å². The molecule has 0 spiro atoms. The van der Waals surface area contributed by atoms with Crippen LogP contribution in [-0.4, -0.2) is 42.7 Å². The number of nitrogens with one attached hydrogen (secondary N) is 2. The van der Waals surface area contributed by atoms with Crippen LogP contribution in [-0.2, 0) is 12.1 Å². The first-order valence-electron chi connectivity index (χ1n) is 10.3. The number of thiazole rings is 1. The van der Waals surface area contributed by atoms with E-state index in [1.165, 1.54) is 11.3 Å². The summed E-state index contributed by atoms with van der Waals surface area (Å²) in [4.78, 5) is 34.0. The molecule has 0 saturated heterocycles. The van der Waals surface area contributed by atoms with Crippen molar-refractivity contribution in [1.29, 1.82) is 0 Å². The Labute approximate surface area is 189 Å². The molecule has 0 aliphatic carbocycles. The van der Waals surface area contributed by atoms with Gasteiger partial charge in [-0.2, -0.15) is 10.1 Å². The quantitative estimate of drug-likeness (QED) is 0.418. The van der Waals surface area contributed by atoms with E-state index in [0.29, 0.717) is 33.3 Å². The molecule has 4 aromatic rings. The lowest BCUT2D eigenvalue weighted by Crippen LogP contribution is -2.27. The summed E-state index contributed by atoms with van der Waals surface area (Å²) < 4.78 is 4.34. The fourth-order valence-electron chi connectivity index (χ4n) is 3.20. The van der Waals surface area contributed by atoms with Gasteiger partial charge in [-0.3, -0.25) is 14.9 Å². The maximum Gasteiger partial charge on any atom is 0.273 e. The van der Waals surface area contributed by atoms with Crippen molar-refractivity contribution >= 4 is 38.6 Å². The molecule has 0 fully saturated rings. The number of carbonyl (C=O) groups is 2. The summed E-state index contributed by atoms with van der Waals surface area (Å²) in [5.41, 5.74) is 1.05. The third kappa shape index (κ3) is 4.70. The zero-order chi connectivity index (χ0) is 22.7. The van der Waals surface area contributed by atoms with E-state index in [4.69, 9.17) is 0 Å². The van der Waals surface area contributed by atoms with Crippen LogP contribution < -0.4 is 10.6 Å². The van der Waals surface area contributed by atoms with Crippen molar-refractivity contribution < 1.29 is 9.59 Å². The number of hydrogen-bond acceptors (Lipinski definition) is 6. The van der Waals surface area contributed by atoms with Crippen LogP contribution in [0.1, 0.15) is 48.0 Å². The minimum absolute atomic E-state index is 0.247. The fourth-order valence-corrected chi connectivity index (χ4v) is 4.12. The third-order valence-electron chi connectivity index (χ3n) is 4.77. The number of hydrogen-bond donors (Lipinski definition) is 2. The van der Waals surface area contributed by atoms with Gasteiger partial charge in [0.2, 0.25) is 0 Å². The van der Waals surface area contributed by atoms with Gasteiger partial charge in [0.1, 0.15) is 4.70 Å². The number of nitrogens with zero attached hydrogens (tertiary/aromatic N) is 5. The Balaban J connectivity index is 1.53. The Kier molecular flexibility index (Phi) is 6.04. The van der Waals surface area contributed by atoms with Crippen LogP contribution in [0, 0.1) is 0 Å². The average Bonchev–Trinajstić information content (AvgIpc) is 3.48. The van der Waals surface area contributed by atoms with Crippen LogP contribution in [0.25, 0.3) is 10.3 Å². The Bertz CT molecular complexity index is 1220. The zero-order valence-electron chi connectivity index (χ0n) is 18.2. The Morgan fingerprint density at radius 3 is 2.59 bits per heavy atom. The van der Waals surface area contributed by atoms with Crippen molar-refractivity contribution in [3.05, 3.63) is 60.3 Å². The smallest absolute Gasteiger partial charge is 0.273 e. The van der Waals surface area contributed by atoms with Gasteiger partial charge in [0.05, 0.1) is 11.9 Å². The molecule has 0 bridgehead atoms. The van der Waals surface area contributed by atoms with Gasteiger partial charge in [-0.1, -0.05) is 29.5 Å². The van der Waals surface area contributed by atoms with E-state index in [2.05, 4.69) is 25.7 Å². The first-order chi connectivity index (χ1) is 15.3. The lowest BCUT2D eigenvalue weighted by atomic mass is 10.1. The summed E-state index contributed by atoms with van der Waals surface area (Å²) >= 11 is 1.25. The molecular weight excluding hydrogens is 426 g/mol. The molecule has 4 rings (SSSR count). The highest BCUT2D eigenvalue weighted by atomic mass is 32.1. The maximum atomic E-state index is 12.9. The Morgan fingerprint density at radius 2 is 1.91 bits per heavy atom. The van der Waals surface area contributed by atoms with Crippen molar-refractivity contribution in [2.75, 3.05) is 11.9 Å². The molecule has 9 nitrogen and oxygen atoms in total. The van der Waals surface area contributed by atoms with Gasteiger partial charge in [-0.05, 0) is 39.3 Å². The van der Waals surface area contributed by atoms with Crippen molar-refractivity contribution in [3.8, 4) is 0 Å². The number of amides is 2. The number of rotatable bonds is 7. The number of carbonyl (C=O) groups excluding carboxylic acids is 2. The second kappa shape index (κ2) is 8.91. The molecular formula is C22H25N7O2S. The van der Waals surface area contributed by atoms with E-state index in [9.17, 15) is 9.59 Å².